The third kappa shape index (κ3) is 3.98. The predicted molar refractivity (Wildman–Crippen MR) is 77.2 cm³/mol. The highest BCUT2D eigenvalue weighted by Crippen LogP contribution is 2.24. The quantitative estimate of drug-likeness (QED) is 0.492. The van der Waals surface area contributed by atoms with Crippen LogP contribution in [0.1, 0.15) is 54.7 Å². The lowest BCUT2D eigenvalue weighted by Crippen LogP contribution is -2.37. The first-order valence-electron chi connectivity index (χ1n) is 7.06. The second-order valence-corrected chi connectivity index (χ2v) is 5.27. The number of carbonyl (C=O) groups is 2. The molecule has 2 rings (SSSR count). The van der Waals surface area contributed by atoms with Gasteiger partial charge in [0.05, 0.1) is 17.9 Å². The summed E-state index contributed by atoms with van der Waals surface area (Å²) in [4.78, 5) is 31.2. The molecule has 114 valence electrons. The largest absolute Gasteiger partial charge is 0.465 e. The highest BCUT2D eigenvalue weighted by Gasteiger charge is 2.30. The van der Waals surface area contributed by atoms with Crippen molar-refractivity contribution in [3.63, 3.8) is 0 Å². The number of nitrogens with one attached hydrogen (secondary N) is 1. The number of carbonyl (C=O) groups excluding carboxylic acids is 2. The van der Waals surface area contributed by atoms with Gasteiger partial charge >= 0.3 is 5.97 Å². The fourth-order valence-corrected chi connectivity index (χ4v) is 2.66. The zero-order chi connectivity index (χ0) is 15.2. The van der Waals surface area contributed by atoms with Gasteiger partial charge in [-0.15, -0.1) is 0 Å². The van der Waals surface area contributed by atoms with Crippen LogP contribution in [0.15, 0.2) is 6.20 Å². The van der Waals surface area contributed by atoms with Crippen molar-refractivity contribution in [2.24, 2.45) is 0 Å². The third-order valence-electron chi connectivity index (χ3n) is 3.50. The van der Waals surface area contributed by atoms with Gasteiger partial charge in [0.2, 0.25) is 5.28 Å². The summed E-state index contributed by atoms with van der Waals surface area (Å²) < 4.78 is 5.09. The van der Waals surface area contributed by atoms with Gasteiger partial charge in [0, 0.05) is 12.2 Å². The summed E-state index contributed by atoms with van der Waals surface area (Å²) in [7, 11) is 0. The van der Waals surface area contributed by atoms with Crippen LogP contribution in [0.4, 0.5) is 0 Å². The van der Waals surface area contributed by atoms with Gasteiger partial charge in [0.25, 0.3) is 0 Å². The summed E-state index contributed by atoms with van der Waals surface area (Å²) in [5.41, 5.74) is 0.512. The standard InChI is InChI=1S/C14H18ClN3O3/c1-2-21-13(20)12(17-10-5-3-4-6-10)11-9(8-19)7-16-14(15)18-11/h7-8,10,12,17H,2-6H2,1H3. The van der Waals surface area contributed by atoms with Crippen molar-refractivity contribution in [2.45, 2.75) is 44.7 Å². The van der Waals surface area contributed by atoms with Crippen molar-refractivity contribution in [1.82, 2.24) is 15.3 Å². The summed E-state index contributed by atoms with van der Waals surface area (Å²) in [6.07, 6.45) is 6.17. The van der Waals surface area contributed by atoms with E-state index in [4.69, 9.17) is 16.3 Å². The lowest BCUT2D eigenvalue weighted by atomic mass is 10.1. The van der Waals surface area contributed by atoms with Crippen molar-refractivity contribution in [3.05, 3.63) is 22.7 Å². The van der Waals surface area contributed by atoms with Gasteiger partial charge in [-0.3, -0.25) is 10.1 Å². The highest BCUT2D eigenvalue weighted by molar-refractivity contribution is 6.28. The van der Waals surface area contributed by atoms with Crippen molar-refractivity contribution in [1.29, 1.82) is 0 Å². The molecule has 0 radical (unpaired) electrons. The lowest BCUT2D eigenvalue weighted by Gasteiger charge is -2.21. The molecule has 1 aliphatic carbocycles. The summed E-state index contributed by atoms with van der Waals surface area (Å²) in [6, 6.07) is -0.582. The van der Waals surface area contributed by atoms with Gasteiger partial charge in [-0.05, 0) is 31.4 Å². The van der Waals surface area contributed by atoms with E-state index in [1.165, 1.54) is 6.20 Å². The predicted octanol–water partition coefficient (Wildman–Crippen LogP) is 2.08. The maximum Gasteiger partial charge on any atom is 0.329 e. The first-order valence-corrected chi connectivity index (χ1v) is 7.43. The number of halogens is 1. The maximum absolute atomic E-state index is 12.2. The molecule has 21 heavy (non-hydrogen) atoms. The molecule has 0 bridgehead atoms. The minimum atomic E-state index is -0.797. The molecule has 1 fully saturated rings. The fourth-order valence-electron chi connectivity index (χ4n) is 2.52. The summed E-state index contributed by atoms with van der Waals surface area (Å²) in [5, 5.41) is 3.23. The van der Waals surface area contributed by atoms with Crippen molar-refractivity contribution < 1.29 is 14.3 Å². The molecule has 1 saturated carbocycles. The van der Waals surface area contributed by atoms with E-state index in [1.807, 2.05) is 0 Å². The number of nitrogens with zero attached hydrogens (tertiary/aromatic N) is 2. The SMILES string of the molecule is CCOC(=O)C(NC1CCCC1)c1nc(Cl)ncc1C=O. The fraction of sp³-hybridized carbons (Fsp3) is 0.571. The minimum absolute atomic E-state index is 0.00174. The van der Waals surface area contributed by atoms with Crippen LogP contribution in [0.3, 0.4) is 0 Å². The van der Waals surface area contributed by atoms with Gasteiger partial charge in [0.1, 0.15) is 6.04 Å². The van der Waals surface area contributed by atoms with Crippen LogP contribution in [0.25, 0.3) is 0 Å². The molecule has 1 unspecified atom stereocenters. The number of hydrogen-bond acceptors (Lipinski definition) is 6. The van der Waals surface area contributed by atoms with E-state index in [2.05, 4.69) is 15.3 Å². The Bertz CT molecular complexity index is 518. The minimum Gasteiger partial charge on any atom is -0.465 e. The molecule has 1 atom stereocenters. The molecule has 1 N–H and O–H groups in total. The average molecular weight is 312 g/mol. The number of hydrogen-bond donors (Lipinski definition) is 1. The molecule has 1 heterocycles. The molecule has 1 aromatic rings. The van der Waals surface area contributed by atoms with E-state index in [0.29, 0.717) is 6.29 Å². The normalized spacial score (nSPS) is 16.7. The lowest BCUT2D eigenvalue weighted by molar-refractivity contribution is -0.146. The molecule has 0 aromatic carbocycles. The van der Waals surface area contributed by atoms with E-state index in [1.54, 1.807) is 6.92 Å². The van der Waals surface area contributed by atoms with Gasteiger partial charge < -0.3 is 4.74 Å². The molecule has 7 heteroatoms. The van der Waals surface area contributed by atoms with Crippen LogP contribution in [0.2, 0.25) is 5.28 Å². The van der Waals surface area contributed by atoms with Gasteiger partial charge in [-0.2, -0.15) is 0 Å². The summed E-state index contributed by atoms with van der Waals surface area (Å²) in [5.74, 6) is -0.456. The van der Waals surface area contributed by atoms with Crippen LogP contribution in [0, 0.1) is 0 Å². The number of rotatable bonds is 6. The monoisotopic (exact) mass is 311 g/mol. The van der Waals surface area contributed by atoms with E-state index in [-0.39, 0.29) is 29.2 Å². The Hall–Kier alpha value is -1.53. The van der Waals surface area contributed by atoms with Gasteiger partial charge in [-0.25, -0.2) is 14.8 Å². The number of aromatic nitrogens is 2. The summed E-state index contributed by atoms with van der Waals surface area (Å²) >= 11 is 5.80. The molecular formula is C14H18ClN3O3. The first kappa shape index (κ1) is 15.9. The molecule has 0 aliphatic heterocycles. The number of ether oxygens (including phenoxy) is 1. The van der Waals surface area contributed by atoms with Crippen LogP contribution in [0.5, 0.6) is 0 Å². The molecule has 1 aliphatic rings. The van der Waals surface area contributed by atoms with Crippen LogP contribution in [-0.2, 0) is 9.53 Å². The number of aldehydes is 1. The zero-order valence-electron chi connectivity index (χ0n) is 11.8. The smallest absolute Gasteiger partial charge is 0.329 e. The van der Waals surface area contributed by atoms with Crippen LogP contribution in [-0.4, -0.2) is 34.9 Å². The molecule has 0 amide bonds. The Kier molecular flexibility index (Phi) is 5.64. The second-order valence-electron chi connectivity index (χ2n) is 4.93. The van der Waals surface area contributed by atoms with Crippen molar-refractivity contribution >= 4 is 23.9 Å². The Morgan fingerprint density at radius 2 is 2.29 bits per heavy atom. The second kappa shape index (κ2) is 7.47. The van der Waals surface area contributed by atoms with Crippen molar-refractivity contribution in [3.8, 4) is 0 Å². The highest BCUT2D eigenvalue weighted by atomic mass is 35.5. The van der Waals surface area contributed by atoms with Crippen LogP contribution >= 0.6 is 11.6 Å². The molecule has 6 nitrogen and oxygen atoms in total. The van der Waals surface area contributed by atoms with E-state index < -0.39 is 12.0 Å². The van der Waals surface area contributed by atoms with E-state index in [0.717, 1.165) is 25.7 Å². The molecular weight excluding hydrogens is 294 g/mol. The van der Waals surface area contributed by atoms with Gasteiger partial charge in [0.15, 0.2) is 6.29 Å². The topological polar surface area (TPSA) is 81.2 Å². The molecule has 0 saturated heterocycles. The van der Waals surface area contributed by atoms with E-state index >= 15 is 0 Å². The molecule has 1 aromatic heterocycles. The van der Waals surface area contributed by atoms with E-state index in [9.17, 15) is 9.59 Å². The van der Waals surface area contributed by atoms with Crippen LogP contribution < -0.4 is 5.32 Å². The Labute approximate surface area is 128 Å². The maximum atomic E-state index is 12.2. The third-order valence-corrected chi connectivity index (χ3v) is 3.68. The summed E-state index contributed by atoms with van der Waals surface area (Å²) in [6.45, 7) is 2.00. The Balaban J connectivity index is 2.30. The Morgan fingerprint density at radius 3 is 2.90 bits per heavy atom. The number of esters is 1. The Morgan fingerprint density at radius 1 is 1.57 bits per heavy atom. The van der Waals surface area contributed by atoms with Gasteiger partial charge in [-0.1, -0.05) is 12.8 Å². The molecule has 0 spiro atoms. The van der Waals surface area contributed by atoms with Crippen molar-refractivity contribution in [2.75, 3.05) is 6.61 Å². The first-order chi connectivity index (χ1) is 10.2. The zero-order valence-corrected chi connectivity index (χ0v) is 12.6. The average Bonchev–Trinajstić information content (AvgIpc) is 2.98.